The molecule has 1 aromatic heterocycles. The summed E-state index contributed by atoms with van der Waals surface area (Å²) < 4.78 is 1.87. The molecule has 4 aromatic carbocycles. The minimum atomic E-state index is 0.534. The van der Waals surface area contributed by atoms with Crippen LogP contribution in [0.25, 0.3) is 16.9 Å². The van der Waals surface area contributed by atoms with Crippen LogP contribution in [-0.4, -0.2) is 16.0 Å². The Morgan fingerprint density at radius 1 is 0.763 bits per heavy atom. The van der Waals surface area contributed by atoms with Gasteiger partial charge in [0.2, 0.25) is 0 Å². The van der Waals surface area contributed by atoms with Gasteiger partial charge in [0, 0.05) is 23.0 Å². The zero-order chi connectivity index (χ0) is 25.7. The maximum Gasteiger partial charge on any atom is 0.196 e. The number of nitrogens with zero attached hydrogens (tertiary/aromatic N) is 5. The molecule has 184 valence electrons. The van der Waals surface area contributed by atoms with Gasteiger partial charge in [-0.1, -0.05) is 78.4 Å². The molecule has 0 aliphatic carbocycles. The van der Waals surface area contributed by atoms with Gasteiger partial charge in [0.15, 0.2) is 11.6 Å². The SMILES string of the molecule is Cc1ccc(NC(NN=Cc2cn(-c3ccccc3)nc2-c2ccccc2)=C2N=c3ccccc3=N2)cc1. The summed E-state index contributed by atoms with van der Waals surface area (Å²) in [5.74, 6) is 1.12. The highest BCUT2D eigenvalue weighted by Crippen LogP contribution is 2.22. The van der Waals surface area contributed by atoms with Crippen LogP contribution in [-0.2, 0) is 0 Å². The predicted octanol–water partition coefficient (Wildman–Crippen LogP) is 4.96. The number of nitrogens with one attached hydrogen (secondary N) is 2. The Bertz CT molecular complexity index is 1710. The van der Waals surface area contributed by atoms with E-state index in [2.05, 4.69) is 34.9 Å². The van der Waals surface area contributed by atoms with E-state index in [-0.39, 0.29) is 0 Å². The summed E-state index contributed by atoms with van der Waals surface area (Å²) in [5, 5.41) is 14.5. The first-order valence-corrected chi connectivity index (χ1v) is 12.3. The maximum atomic E-state index is 4.86. The molecular weight excluding hydrogens is 470 g/mol. The number of fused-ring (bicyclic) bond motifs is 1. The van der Waals surface area contributed by atoms with E-state index in [0.29, 0.717) is 11.6 Å². The van der Waals surface area contributed by atoms with Crippen LogP contribution in [0.15, 0.2) is 142 Å². The summed E-state index contributed by atoms with van der Waals surface area (Å²) in [6.45, 7) is 2.06. The van der Waals surface area contributed by atoms with Gasteiger partial charge < -0.3 is 5.32 Å². The molecule has 6 rings (SSSR count). The number of aryl methyl sites for hydroxylation is 1. The zero-order valence-electron chi connectivity index (χ0n) is 20.8. The summed E-state index contributed by atoms with van der Waals surface area (Å²) >= 11 is 0. The monoisotopic (exact) mass is 495 g/mol. The molecule has 2 heterocycles. The van der Waals surface area contributed by atoms with Crippen LogP contribution in [0.5, 0.6) is 0 Å². The van der Waals surface area contributed by atoms with Crippen LogP contribution in [0.1, 0.15) is 11.1 Å². The van der Waals surface area contributed by atoms with Gasteiger partial charge in [-0.05, 0) is 43.3 Å². The largest absolute Gasteiger partial charge is 0.337 e. The Morgan fingerprint density at radius 2 is 1.39 bits per heavy atom. The van der Waals surface area contributed by atoms with Gasteiger partial charge in [-0.2, -0.15) is 10.2 Å². The number of anilines is 1. The van der Waals surface area contributed by atoms with Gasteiger partial charge in [0.25, 0.3) is 0 Å². The average molecular weight is 496 g/mol. The summed E-state index contributed by atoms with van der Waals surface area (Å²) in [4.78, 5) is 9.40. The van der Waals surface area contributed by atoms with Gasteiger partial charge in [0.05, 0.1) is 22.6 Å². The van der Waals surface area contributed by atoms with Crippen molar-refractivity contribution in [2.24, 2.45) is 15.1 Å². The summed E-state index contributed by atoms with van der Waals surface area (Å²) in [6.07, 6.45) is 3.75. The van der Waals surface area contributed by atoms with E-state index >= 15 is 0 Å². The van der Waals surface area contributed by atoms with E-state index in [1.54, 1.807) is 6.21 Å². The first-order chi connectivity index (χ1) is 18.7. The third-order valence-electron chi connectivity index (χ3n) is 6.07. The van der Waals surface area contributed by atoms with Gasteiger partial charge in [-0.15, -0.1) is 0 Å². The van der Waals surface area contributed by atoms with E-state index in [1.165, 1.54) is 5.56 Å². The lowest BCUT2D eigenvalue weighted by molar-refractivity contribution is 0.867. The smallest absolute Gasteiger partial charge is 0.196 e. The Balaban J connectivity index is 1.36. The van der Waals surface area contributed by atoms with Crippen molar-refractivity contribution in [2.45, 2.75) is 6.92 Å². The Morgan fingerprint density at radius 3 is 2.08 bits per heavy atom. The van der Waals surface area contributed by atoms with Crippen LogP contribution in [0.2, 0.25) is 0 Å². The van der Waals surface area contributed by atoms with E-state index in [1.807, 2.05) is 108 Å². The first-order valence-electron chi connectivity index (χ1n) is 12.3. The molecule has 1 aliphatic heterocycles. The quantitative estimate of drug-likeness (QED) is 0.247. The summed E-state index contributed by atoms with van der Waals surface area (Å²) in [6, 6.07) is 36.1. The lowest BCUT2D eigenvalue weighted by Crippen LogP contribution is -2.19. The molecule has 5 aromatic rings. The molecule has 0 amide bonds. The standard InChI is InChI=1S/C31H25N7/c1-22-16-18-25(19-17-22)33-31(30-34-27-14-8-9-15-28(27)35-30)36-32-20-24-21-38(26-12-6-3-7-13-26)37-29(24)23-10-4-2-5-11-23/h2-21,33,36H,1H3. The fourth-order valence-corrected chi connectivity index (χ4v) is 4.11. The molecule has 7 nitrogen and oxygen atoms in total. The van der Waals surface area contributed by atoms with Crippen molar-refractivity contribution in [3.8, 4) is 16.9 Å². The predicted molar refractivity (Wildman–Crippen MR) is 150 cm³/mol. The second kappa shape index (κ2) is 10.4. The second-order valence-electron chi connectivity index (χ2n) is 8.85. The number of rotatable bonds is 7. The van der Waals surface area contributed by atoms with E-state index in [9.17, 15) is 0 Å². The molecule has 0 saturated heterocycles. The lowest BCUT2D eigenvalue weighted by atomic mass is 10.1. The molecule has 7 heteroatoms. The van der Waals surface area contributed by atoms with Crippen LogP contribution >= 0.6 is 0 Å². The van der Waals surface area contributed by atoms with Gasteiger partial charge in [-0.25, -0.2) is 14.7 Å². The molecule has 0 unspecified atom stereocenters. The Hall–Kier alpha value is -5.30. The molecule has 1 aliphatic rings. The molecule has 0 atom stereocenters. The zero-order valence-corrected chi connectivity index (χ0v) is 20.8. The number of hydrogen-bond acceptors (Lipinski definition) is 6. The van der Waals surface area contributed by atoms with Crippen molar-refractivity contribution >= 4 is 11.9 Å². The molecule has 38 heavy (non-hydrogen) atoms. The van der Waals surface area contributed by atoms with E-state index < -0.39 is 0 Å². The first kappa shape index (κ1) is 23.1. The topological polar surface area (TPSA) is 79.0 Å². The number of para-hydroxylation sites is 3. The molecule has 2 N–H and O–H groups in total. The van der Waals surface area contributed by atoms with Gasteiger partial charge >= 0.3 is 0 Å². The van der Waals surface area contributed by atoms with E-state index in [4.69, 9.17) is 15.1 Å². The molecule has 0 fully saturated rings. The van der Waals surface area contributed by atoms with Crippen molar-refractivity contribution in [2.75, 3.05) is 5.32 Å². The van der Waals surface area contributed by atoms with Crippen molar-refractivity contribution in [3.05, 3.63) is 149 Å². The van der Waals surface area contributed by atoms with Crippen molar-refractivity contribution in [1.82, 2.24) is 15.2 Å². The molecule has 0 radical (unpaired) electrons. The van der Waals surface area contributed by atoms with Gasteiger partial charge in [0.1, 0.15) is 5.69 Å². The van der Waals surface area contributed by atoms with Crippen LogP contribution in [0.4, 0.5) is 5.69 Å². The molecular formula is C31H25N7. The van der Waals surface area contributed by atoms with Gasteiger partial charge in [-0.3, -0.25) is 5.43 Å². The number of hydrogen-bond donors (Lipinski definition) is 2. The Kier molecular flexibility index (Phi) is 6.30. The van der Waals surface area contributed by atoms with Crippen molar-refractivity contribution < 1.29 is 0 Å². The minimum absolute atomic E-state index is 0.534. The number of hydrazone groups is 1. The maximum absolute atomic E-state index is 4.86. The number of benzene rings is 4. The Labute approximate surface area is 220 Å². The highest BCUT2D eigenvalue weighted by molar-refractivity contribution is 5.88. The third-order valence-corrected chi connectivity index (χ3v) is 6.07. The minimum Gasteiger partial charge on any atom is -0.337 e. The van der Waals surface area contributed by atoms with Crippen molar-refractivity contribution in [3.63, 3.8) is 0 Å². The molecule has 0 bridgehead atoms. The summed E-state index contributed by atoms with van der Waals surface area (Å²) in [5.41, 5.74) is 8.93. The van der Waals surface area contributed by atoms with Crippen molar-refractivity contribution in [1.29, 1.82) is 0 Å². The number of aromatic nitrogens is 2. The third kappa shape index (κ3) is 4.99. The van der Waals surface area contributed by atoms with Crippen LogP contribution in [0, 0.1) is 6.92 Å². The van der Waals surface area contributed by atoms with Crippen LogP contribution < -0.4 is 21.5 Å². The van der Waals surface area contributed by atoms with E-state index in [0.717, 1.165) is 38.9 Å². The molecule has 0 spiro atoms. The fraction of sp³-hybridized carbons (Fsp3) is 0.0323. The molecule has 0 saturated carbocycles. The lowest BCUT2D eigenvalue weighted by Gasteiger charge is -2.11. The fourth-order valence-electron chi connectivity index (χ4n) is 4.11. The summed E-state index contributed by atoms with van der Waals surface area (Å²) in [7, 11) is 0. The second-order valence-corrected chi connectivity index (χ2v) is 8.85. The highest BCUT2D eigenvalue weighted by atomic mass is 15.4. The highest BCUT2D eigenvalue weighted by Gasteiger charge is 2.13. The average Bonchev–Trinajstić information content (AvgIpc) is 3.59. The normalized spacial score (nSPS) is 12.1. The van der Waals surface area contributed by atoms with Crippen LogP contribution in [0.3, 0.4) is 0 Å².